The molecule has 0 saturated carbocycles. The Balaban J connectivity index is 1.69. The Labute approximate surface area is 156 Å². The van der Waals surface area contributed by atoms with E-state index in [1.54, 1.807) is 17.4 Å². The minimum absolute atomic E-state index is 0.124. The second-order valence-corrected chi connectivity index (χ2v) is 7.10. The van der Waals surface area contributed by atoms with Gasteiger partial charge in [0.1, 0.15) is 0 Å². The normalized spacial score (nSPS) is 12.2. The fourth-order valence-corrected chi connectivity index (χ4v) is 3.50. The summed E-state index contributed by atoms with van der Waals surface area (Å²) in [4.78, 5) is 19.6. The Morgan fingerprint density at radius 1 is 1.31 bits per heavy atom. The summed E-state index contributed by atoms with van der Waals surface area (Å²) in [5.41, 5.74) is 1.65. The van der Waals surface area contributed by atoms with Crippen LogP contribution in [0.25, 0.3) is 0 Å². The zero-order valence-electron chi connectivity index (χ0n) is 14.6. The van der Waals surface area contributed by atoms with Crippen LogP contribution in [0.2, 0.25) is 0 Å². The summed E-state index contributed by atoms with van der Waals surface area (Å²) in [6, 6.07) is 13.3. The predicted octanol–water partition coefficient (Wildman–Crippen LogP) is 4.73. The number of hydrogen-bond donors (Lipinski definition) is 1. The fourth-order valence-electron chi connectivity index (χ4n) is 2.65. The average molecular weight is 369 g/mol. The van der Waals surface area contributed by atoms with Crippen molar-refractivity contribution in [1.82, 2.24) is 9.88 Å². The highest BCUT2D eigenvalue weighted by atomic mass is 32.1. The Morgan fingerprint density at radius 2 is 2.15 bits per heavy atom. The van der Waals surface area contributed by atoms with Gasteiger partial charge in [-0.3, -0.25) is 14.7 Å². The quantitative estimate of drug-likeness (QED) is 0.683. The molecule has 0 unspecified atom stereocenters. The van der Waals surface area contributed by atoms with Crippen LogP contribution in [0.5, 0.6) is 0 Å². The van der Waals surface area contributed by atoms with E-state index < -0.39 is 5.82 Å². The van der Waals surface area contributed by atoms with Crippen molar-refractivity contribution in [3.63, 3.8) is 0 Å². The van der Waals surface area contributed by atoms with Crippen molar-refractivity contribution in [3.8, 4) is 0 Å². The van der Waals surface area contributed by atoms with Gasteiger partial charge >= 0.3 is 0 Å². The van der Waals surface area contributed by atoms with E-state index in [0.29, 0.717) is 18.2 Å². The maximum absolute atomic E-state index is 13.7. The number of pyridine rings is 1. The second-order valence-electron chi connectivity index (χ2n) is 6.12. The molecular weight excluding hydrogens is 349 g/mol. The van der Waals surface area contributed by atoms with Crippen LogP contribution in [-0.2, 0) is 6.54 Å². The van der Waals surface area contributed by atoms with Crippen LogP contribution in [0, 0.1) is 5.82 Å². The molecular formula is C20H20FN3OS. The number of halogens is 1. The molecule has 6 heteroatoms. The van der Waals surface area contributed by atoms with Gasteiger partial charge in [-0.05, 0) is 49.2 Å². The van der Waals surface area contributed by atoms with E-state index in [2.05, 4.69) is 40.6 Å². The Bertz CT molecular complexity index is 882. The predicted molar refractivity (Wildman–Crippen MR) is 103 cm³/mol. The fraction of sp³-hybridized carbons (Fsp3) is 0.200. The number of benzene rings is 1. The van der Waals surface area contributed by atoms with Crippen LogP contribution in [-0.4, -0.2) is 22.8 Å². The van der Waals surface area contributed by atoms with Crippen molar-refractivity contribution in [2.24, 2.45) is 0 Å². The van der Waals surface area contributed by atoms with Crippen molar-refractivity contribution in [1.29, 1.82) is 0 Å². The third-order valence-electron chi connectivity index (χ3n) is 4.26. The Hall–Kier alpha value is -2.57. The molecule has 134 valence electrons. The molecule has 0 bridgehead atoms. The second kappa shape index (κ2) is 8.21. The Kier molecular flexibility index (Phi) is 5.75. The molecule has 0 aliphatic rings. The van der Waals surface area contributed by atoms with E-state index in [1.165, 1.54) is 17.1 Å². The van der Waals surface area contributed by atoms with Crippen LogP contribution in [0.3, 0.4) is 0 Å². The number of nitrogens with one attached hydrogen (secondary N) is 1. The van der Waals surface area contributed by atoms with Gasteiger partial charge in [0.05, 0.1) is 11.9 Å². The van der Waals surface area contributed by atoms with Gasteiger partial charge in [0.15, 0.2) is 5.82 Å². The van der Waals surface area contributed by atoms with E-state index in [9.17, 15) is 9.18 Å². The summed E-state index contributed by atoms with van der Waals surface area (Å²) < 4.78 is 13.7. The first-order chi connectivity index (χ1) is 12.5. The zero-order chi connectivity index (χ0) is 18.5. The number of thiophene rings is 1. The third-order valence-corrected chi connectivity index (χ3v) is 5.30. The highest BCUT2D eigenvalue weighted by molar-refractivity contribution is 7.10. The van der Waals surface area contributed by atoms with Gasteiger partial charge in [-0.25, -0.2) is 4.39 Å². The number of rotatable bonds is 6. The topological polar surface area (TPSA) is 45.2 Å². The molecule has 0 saturated heterocycles. The van der Waals surface area contributed by atoms with Crippen molar-refractivity contribution < 1.29 is 9.18 Å². The zero-order valence-corrected chi connectivity index (χ0v) is 15.5. The van der Waals surface area contributed by atoms with Crippen LogP contribution in [0.4, 0.5) is 10.1 Å². The molecule has 0 spiro atoms. The maximum Gasteiger partial charge on any atom is 0.255 e. The van der Waals surface area contributed by atoms with Crippen LogP contribution in [0.1, 0.15) is 33.8 Å². The highest BCUT2D eigenvalue weighted by Crippen LogP contribution is 2.25. The first-order valence-corrected chi connectivity index (χ1v) is 9.16. The minimum Gasteiger partial charge on any atom is -0.319 e. The lowest BCUT2D eigenvalue weighted by Crippen LogP contribution is -2.21. The van der Waals surface area contributed by atoms with Crippen molar-refractivity contribution >= 4 is 22.9 Å². The van der Waals surface area contributed by atoms with Gasteiger partial charge in [0.2, 0.25) is 0 Å². The number of carbonyl (C=O) groups is 1. The van der Waals surface area contributed by atoms with E-state index >= 15 is 0 Å². The van der Waals surface area contributed by atoms with Gasteiger partial charge in [-0.2, -0.15) is 0 Å². The van der Waals surface area contributed by atoms with E-state index in [4.69, 9.17) is 0 Å². The van der Waals surface area contributed by atoms with Crippen molar-refractivity contribution in [3.05, 3.63) is 82.1 Å². The first-order valence-electron chi connectivity index (χ1n) is 8.28. The number of hydrogen-bond acceptors (Lipinski definition) is 4. The van der Waals surface area contributed by atoms with Gasteiger partial charge in [0, 0.05) is 29.2 Å². The SMILES string of the molecule is C[C@@H](c1cccs1)N(C)Cc1cccc(C(=O)Nc2ccncc2F)c1. The smallest absolute Gasteiger partial charge is 0.255 e. The third kappa shape index (κ3) is 4.33. The molecule has 2 aromatic heterocycles. The molecule has 1 amide bonds. The monoisotopic (exact) mass is 369 g/mol. The summed E-state index contributed by atoms with van der Waals surface area (Å²) >= 11 is 1.73. The van der Waals surface area contributed by atoms with Gasteiger partial charge in [-0.15, -0.1) is 11.3 Å². The maximum atomic E-state index is 13.7. The molecule has 0 aliphatic heterocycles. The molecule has 26 heavy (non-hydrogen) atoms. The number of aromatic nitrogens is 1. The van der Waals surface area contributed by atoms with Gasteiger partial charge < -0.3 is 5.32 Å². The average Bonchev–Trinajstić information content (AvgIpc) is 3.18. The minimum atomic E-state index is -0.554. The molecule has 0 aliphatic carbocycles. The standard InChI is InChI=1S/C20H20FN3OS/c1-14(19-7-4-10-26-19)24(2)13-15-5-3-6-16(11-15)20(25)23-18-8-9-22-12-17(18)21/h3-12,14H,13H2,1-2H3,(H,22,23,25)/t14-/m0/s1. The number of nitrogens with zero attached hydrogens (tertiary/aromatic N) is 2. The first kappa shape index (κ1) is 18.2. The van der Waals surface area contributed by atoms with E-state index in [-0.39, 0.29) is 11.6 Å². The van der Waals surface area contributed by atoms with Gasteiger partial charge in [-0.1, -0.05) is 18.2 Å². The summed E-state index contributed by atoms with van der Waals surface area (Å²) in [5, 5.41) is 4.66. The summed E-state index contributed by atoms with van der Waals surface area (Å²) in [6.07, 6.45) is 2.52. The Morgan fingerprint density at radius 3 is 2.88 bits per heavy atom. The molecule has 0 radical (unpaired) electrons. The van der Waals surface area contributed by atoms with Crippen LogP contribution >= 0.6 is 11.3 Å². The lowest BCUT2D eigenvalue weighted by Gasteiger charge is -2.24. The van der Waals surface area contributed by atoms with E-state index in [0.717, 1.165) is 11.8 Å². The lowest BCUT2D eigenvalue weighted by molar-refractivity contribution is 0.102. The number of carbonyl (C=O) groups excluding carboxylic acids is 1. The molecule has 3 aromatic rings. The molecule has 1 atom stereocenters. The lowest BCUT2D eigenvalue weighted by atomic mass is 10.1. The number of amides is 1. The summed E-state index contributed by atoms with van der Waals surface area (Å²) in [6.45, 7) is 2.87. The molecule has 1 aromatic carbocycles. The van der Waals surface area contributed by atoms with E-state index in [1.807, 2.05) is 24.3 Å². The molecule has 4 nitrogen and oxygen atoms in total. The summed E-state index contributed by atoms with van der Waals surface area (Å²) in [5.74, 6) is -0.896. The number of anilines is 1. The van der Waals surface area contributed by atoms with Crippen molar-refractivity contribution in [2.45, 2.75) is 19.5 Å². The van der Waals surface area contributed by atoms with Crippen LogP contribution in [0.15, 0.2) is 60.2 Å². The largest absolute Gasteiger partial charge is 0.319 e. The van der Waals surface area contributed by atoms with Crippen LogP contribution < -0.4 is 5.32 Å². The molecule has 2 heterocycles. The molecule has 1 N–H and O–H groups in total. The highest BCUT2D eigenvalue weighted by Gasteiger charge is 2.14. The van der Waals surface area contributed by atoms with Crippen molar-refractivity contribution in [2.75, 3.05) is 12.4 Å². The van der Waals surface area contributed by atoms with Gasteiger partial charge in [0.25, 0.3) is 5.91 Å². The summed E-state index contributed by atoms with van der Waals surface area (Å²) in [7, 11) is 2.06. The molecule has 0 fully saturated rings. The molecule has 3 rings (SSSR count).